The molecule has 2 saturated heterocycles. The Kier molecular flexibility index (Phi) is 10.7. The van der Waals surface area contributed by atoms with E-state index >= 15 is 0 Å². The molecule has 0 spiro atoms. The van der Waals surface area contributed by atoms with Gasteiger partial charge in [-0.3, -0.25) is 14.6 Å². The van der Waals surface area contributed by atoms with Crippen molar-refractivity contribution in [1.82, 2.24) is 50.3 Å². The second kappa shape index (κ2) is 16.0. The third-order valence-corrected chi connectivity index (χ3v) is 10.2. The fourth-order valence-corrected chi connectivity index (χ4v) is 7.31. The Labute approximate surface area is 317 Å². The topological polar surface area (TPSA) is 200 Å². The van der Waals surface area contributed by atoms with Crippen molar-refractivity contribution in [2.24, 2.45) is 5.92 Å². The van der Waals surface area contributed by atoms with E-state index in [0.29, 0.717) is 24.7 Å². The van der Waals surface area contributed by atoms with Crippen molar-refractivity contribution in [3.8, 4) is 33.8 Å². The molecular formula is C39H44N10O6. The summed E-state index contributed by atoms with van der Waals surface area (Å²) < 4.78 is 9.32. The number of nitrogens with one attached hydrogen (secondary N) is 4. The predicted octanol–water partition coefficient (Wildman–Crippen LogP) is 5.14. The van der Waals surface area contributed by atoms with Crippen molar-refractivity contribution >= 4 is 35.0 Å². The fraction of sp³-hybridized carbons (Fsp3) is 0.385. The first-order chi connectivity index (χ1) is 26.6. The maximum atomic E-state index is 13.5. The number of nitrogens with zero attached hydrogens (tertiary/aromatic N) is 6. The van der Waals surface area contributed by atoms with Gasteiger partial charge in [0.2, 0.25) is 11.8 Å². The summed E-state index contributed by atoms with van der Waals surface area (Å²) in [5, 5.41) is 5.14. The van der Waals surface area contributed by atoms with Gasteiger partial charge in [-0.2, -0.15) is 0 Å². The summed E-state index contributed by atoms with van der Waals surface area (Å²) in [5.74, 6) is 0.941. The van der Waals surface area contributed by atoms with Crippen LogP contribution in [0.3, 0.4) is 0 Å². The lowest BCUT2D eigenvalue weighted by atomic mass is 10.0. The van der Waals surface area contributed by atoms with E-state index in [1.54, 1.807) is 28.4 Å². The highest BCUT2D eigenvalue weighted by atomic mass is 16.5. The number of hydrogen-bond acceptors (Lipinski definition) is 10. The van der Waals surface area contributed by atoms with Crippen molar-refractivity contribution in [1.29, 1.82) is 0 Å². The summed E-state index contributed by atoms with van der Waals surface area (Å²) in [7, 11) is 2.54. The molecule has 286 valence electrons. The van der Waals surface area contributed by atoms with Crippen LogP contribution in [0.15, 0.2) is 61.1 Å². The van der Waals surface area contributed by atoms with E-state index in [-0.39, 0.29) is 36.4 Å². The van der Waals surface area contributed by atoms with Gasteiger partial charge in [0.1, 0.15) is 24.2 Å². The van der Waals surface area contributed by atoms with Gasteiger partial charge < -0.3 is 39.9 Å². The highest BCUT2D eigenvalue weighted by Crippen LogP contribution is 2.34. The number of rotatable bonds is 10. The summed E-state index contributed by atoms with van der Waals surface area (Å²) in [5.41, 5.74) is 6.56. The molecule has 0 aliphatic carbocycles. The van der Waals surface area contributed by atoms with Crippen LogP contribution in [0.5, 0.6) is 0 Å². The molecule has 55 heavy (non-hydrogen) atoms. The van der Waals surface area contributed by atoms with E-state index in [1.807, 2.05) is 56.3 Å². The third kappa shape index (κ3) is 7.84. The van der Waals surface area contributed by atoms with Gasteiger partial charge in [0.05, 0.1) is 73.0 Å². The highest BCUT2D eigenvalue weighted by Gasteiger charge is 2.37. The number of likely N-dealkylation sites (tertiary alicyclic amines) is 2. The number of aromatic amines is 2. The summed E-state index contributed by atoms with van der Waals surface area (Å²) in [6.45, 7) is 4.82. The number of aromatic nitrogens is 6. The number of H-pyrrole nitrogens is 2. The first-order valence-corrected chi connectivity index (χ1v) is 18.4. The maximum absolute atomic E-state index is 13.5. The SMILES string of the molecule is COC(=O)NCC(=O)N1CCC[C@H]1c1ncc(-c2ccc3nc(-c4ccc(-c5cnc(C6CCCN6C(=O)[C@@H](NC(=O)OC)C(C)C)[nH]5)cc4)cnc3c2)[nH]1. The minimum Gasteiger partial charge on any atom is -0.453 e. The first-order valence-electron chi connectivity index (χ1n) is 18.4. The molecule has 0 saturated carbocycles. The molecule has 3 atom stereocenters. The number of carbonyl (C=O) groups is 4. The number of hydrogen-bond donors (Lipinski definition) is 4. The minimum absolute atomic E-state index is 0.112. The monoisotopic (exact) mass is 748 g/mol. The molecule has 16 nitrogen and oxygen atoms in total. The molecule has 3 aromatic heterocycles. The Bertz CT molecular complexity index is 2200. The largest absolute Gasteiger partial charge is 0.453 e. The Morgan fingerprint density at radius 3 is 2.02 bits per heavy atom. The molecule has 2 aromatic carbocycles. The summed E-state index contributed by atoms with van der Waals surface area (Å²) in [6.07, 6.45) is 7.23. The van der Waals surface area contributed by atoms with E-state index in [4.69, 9.17) is 14.7 Å². The number of ether oxygens (including phenoxy) is 2. The fourth-order valence-electron chi connectivity index (χ4n) is 7.31. The number of imidazole rings is 2. The van der Waals surface area contributed by atoms with Gasteiger partial charge in [-0.15, -0.1) is 0 Å². The van der Waals surface area contributed by atoms with Gasteiger partial charge in [0, 0.05) is 24.2 Å². The second-order valence-electron chi connectivity index (χ2n) is 14.0. The molecule has 2 fully saturated rings. The van der Waals surface area contributed by atoms with Crippen molar-refractivity contribution in [2.45, 2.75) is 57.7 Å². The minimum atomic E-state index is -0.696. The maximum Gasteiger partial charge on any atom is 0.407 e. The lowest BCUT2D eigenvalue weighted by Gasteiger charge is -2.30. The summed E-state index contributed by atoms with van der Waals surface area (Å²) in [6, 6.07) is 12.7. The van der Waals surface area contributed by atoms with Crippen LogP contribution in [0.4, 0.5) is 9.59 Å². The van der Waals surface area contributed by atoms with Gasteiger partial charge in [0.15, 0.2) is 0 Å². The van der Waals surface area contributed by atoms with Crippen LogP contribution in [0.2, 0.25) is 0 Å². The number of alkyl carbamates (subject to hydrolysis) is 2. The van der Waals surface area contributed by atoms with Crippen LogP contribution in [0.25, 0.3) is 44.8 Å². The van der Waals surface area contributed by atoms with Gasteiger partial charge in [0.25, 0.3) is 0 Å². The van der Waals surface area contributed by atoms with E-state index in [9.17, 15) is 19.2 Å². The molecule has 7 rings (SSSR count). The van der Waals surface area contributed by atoms with Crippen molar-refractivity contribution in [3.63, 3.8) is 0 Å². The molecule has 4 amide bonds. The van der Waals surface area contributed by atoms with E-state index in [1.165, 1.54) is 14.2 Å². The summed E-state index contributed by atoms with van der Waals surface area (Å²) in [4.78, 5) is 78.9. The zero-order valence-corrected chi connectivity index (χ0v) is 31.2. The molecular weight excluding hydrogens is 704 g/mol. The Morgan fingerprint density at radius 2 is 1.36 bits per heavy atom. The van der Waals surface area contributed by atoms with Gasteiger partial charge in [-0.05, 0) is 49.3 Å². The predicted molar refractivity (Wildman–Crippen MR) is 202 cm³/mol. The lowest BCUT2D eigenvalue weighted by Crippen LogP contribution is -2.51. The first kappa shape index (κ1) is 37.0. The van der Waals surface area contributed by atoms with Crippen molar-refractivity contribution < 1.29 is 28.7 Å². The summed E-state index contributed by atoms with van der Waals surface area (Å²) >= 11 is 0. The average Bonchev–Trinajstić information content (AvgIpc) is 4.05. The lowest BCUT2D eigenvalue weighted by molar-refractivity contribution is -0.135. The van der Waals surface area contributed by atoms with Gasteiger partial charge in [-0.25, -0.2) is 24.5 Å². The smallest absolute Gasteiger partial charge is 0.407 e. The molecule has 5 aromatic rings. The molecule has 4 N–H and O–H groups in total. The van der Waals surface area contributed by atoms with E-state index < -0.39 is 18.2 Å². The number of amides is 4. The normalized spacial score (nSPS) is 17.4. The van der Waals surface area contributed by atoms with E-state index in [2.05, 4.69) is 35.3 Å². The molecule has 0 bridgehead atoms. The van der Waals surface area contributed by atoms with Gasteiger partial charge in [-0.1, -0.05) is 44.2 Å². The van der Waals surface area contributed by atoms with E-state index in [0.717, 1.165) is 70.5 Å². The molecule has 5 heterocycles. The number of fused-ring (bicyclic) bond motifs is 1. The van der Waals surface area contributed by atoms with Crippen LogP contribution >= 0.6 is 0 Å². The molecule has 2 aliphatic heterocycles. The third-order valence-electron chi connectivity index (χ3n) is 10.2. The number of benzene rings is 2. The van der Waals surface area contributed by atoms with Crippen LogP contribution in [0.1, 0.15) is 63.3 Å². The van der Waals surface area contributed by atoms with Crippen LogP contribution in [-0.4, -0.2) is 104 Å². The van der Waals surface area contributed by atoms with Crippen LogP contribution < -0.4 is 10.6 Å². The second-order valence-corrected chi connectivity index (χ2v) is 14.0. The molecule has 2 aliphatic rings. The average molecular weight is 749 g/mol. The standard InChI is InChI=1S/C39H44N10O6/c1-22(2)34(47-39(53)55-4)37(51)49-16-6-8-32(49)36-41-19-29(45-36)24-11-9-23(10-12-24)28-18-40-27-17-25(13-14-26(27)44-28)30-20-42-35(46-30)31-7-5-15-48(31)33(50)21-43-38(52)54-3/h9-14,17-20,22,31-32,34H,5-8,15-16,21H2,1-4H3,(H,41,45)(H,42,46)(H,43,52)(H,47,53)/t31-,32?,34-/m0/s1. The molecule has 1 unspecified atom stereocenters. The Morgan fingerprint density at radius 1 is 0.764 bits per heavy atom. The van der Waals surface area contributed by atoms with Crippen molar-refractivity contribution in [3.05, 3.63) is 72.7 Å². The Balaban J connectivity index is 1.02. The highest BCUT2D eigenvalue weighted by molar-refractivity contribution is 5.87. The zero-order valence-electron chi connectivity index (χ0n) is 31.2. The van der Waals surface area contributed by atoms with Crippen LogP contribution in [-0.2, 0) is 19.1 Å². The Hall–Kier alpha value is -6.32. The molecule has 0 radical (unpaired) electrons. The van der Waals surface area contributed by atoms with Crippen LogP contribution in [0, 0.1) is 5.92 Å². The quantitative estimate of drug-likeness (QED) is 0.148. The zero-order chi connectivity index (χ0) is 38.6. The number of carbonyl (C=O) groups excluding carboxylic acids is 4. The molecule has 16 heteroatoms. The van der Waals surface area contributed by atoms with Gasteiger partial charge >= 0.3 is 12.2 Å². The van der Waals surface area contributed by atoms with Crippen molar-refractivity contribution in [2.75, 3.05) is 33.9 Å². The number of methoxy groups -OCH3 is 2.